The van der Waals surface area contributed by atoms with Gasteiger partial charge in [-0.05, 0) is 59.7 Å². The molecule has 0 aliphatic carbocycles. The van der Waals surface area contributed by atoms with Crippen LogP contribution in [0, 0.1) is 0 Å². The van der Waals surface area contributed by atoms with Crippen molar-refractivity contribution in [3.05, 3.63) is 53.1 Å². The highest BCUT2D eigenvalue weighted by molar-refractivity contribution is 5.92. The summed E-state index contributed by atoms with van der Waals surface area (Å²) in [5.41, 5.74) is 10.5. The third-order valence-electron chi connectivity index (χ3n) is 5.73. The Kier molecular flexibility index (Phi) is 7.98. The molecule has 0 spiro atoms. The number of rotatable bonds is 8. The normalized spacial score (nSPS) is 13.7. The van der Waals surface area contributed by atoms with Crippen LogP contribution in [-0.2, 0) is 17.8 Å². The molecule has 0 saturated heterocycles. The molecule has 0 aromatic heterocycles. The van der Waals surface area contributed by atoms with Crippen LogP contribution in [-0.4, -0.2) is 44.1 Å². The van der Waals surface area contributed by atoms with E-state index in [0.29, 0.717) is 50.1 Å². The van der Waals surface area contributed by atoms with Gasteiger partial charge in [-0.25, -0.2) is 0 Å². The maximum atomic E-state index is 12.7. The summed E-state index contributed by atoms with van der Waals surface area (Å²) in [7, 11) is 3.26. The summed E-state index contributed by atoms with van der Waals surface area (Å²) >= 11 is 0. The standard InChI is InChI=1S/C25H34N4O3/c1-17(2)18-7-5-8-21(13-18)28-25(26)27-11-6-9-24(30)29-12-10-19-14-22(31-3)23(32-4)15-20(19)16-29/h5,7-8,13-15,17H,6,9-12,16H2,1-4H3,(H3,26,27,28). The number of nitrogens with two attached hydrogens (primary N) is 1. The number of guanidine groups is 1. The molecular formula is C25H34N4O3. The van der Waals surface area contributed by atoms with Gasteiger partial charge in [0.25, 0.3) is 0 Å². The zero-order valence-electron chi connectivity index (χ0n) is 19.5. The van der Waals surface area contributed by atoms with E-state index in [-0.39, 0.29) is 5.91 Å². The van der Waals surface area contributed by atoms with Gasteiger partial charge in [-0.1, -0.05) is 26.0 Å². The molecule has 32 heavy (non-hydrogen) atoms. The Morgan fingerprint density at radius 3 is 2.56 bits per heavy atom. The minimum atomic E-state index is 0.136. The Labute approximate surface area is 190 Å². The molecule has 0 bridgehead atoms. The number of hydrogen-bond donors (Lipinski definition) is 2. The second-order valence-electron chi connectivity index (χ2n) is 8.32. The molecule has 0 saturated carbocycles. The number of fused-ring (bicyclic) bond motifs is 1. The van der Waals surface area contributed by atoms with Crippen molar-refractivity contribution in [3.8, 4) is 11.5 Å². The van der Waals surface area contributed by atoms with Gasteiger partial charge in [-0.15, -0.1) is 0 Å². The summed E-state index contributed by atoms with van der Waals surface area (Å²) in [6, 6.07) is 12.1. The first-order valence-corrected chi connectivity index (χ1v) is 11.1. The lowest BCUT2D eigenvalue weighted by Gasteiger charge is -2.29. The third-order valence-corrected chi connectivity index (χ3v) is 5.73. The van der Waals surface area contributed by atoms with E-state index in [1.54, 1.807) is 14.2 Å². The zero-order chi connectivity index (χ0) is 23.1. The van der Waals surface area contributed by atoms with E-state index in [0.717, 1.165) is 23.4 Å². The van der Waals surface area contributed by atoms with Gasteiger partial charge in [0.05, 0.1) is 14.2 Å². The molecule has 1 aliphatic rings. The first kappa shape index (κ1) is 23.4. The Hall–Kier alpha value is -3.22. The van der Waals surface area contributed by atoms with Crippen LogP contribution in [0.4, 0.5) is 5.69 Å². The summed E-state index contributed by atoms with van der Waals surface area (Å²) in [5, 5.41) is 3.13. The largest absolute Gasteiger partial charge is 0.493 e. The van der Waals surface area contributed by atoms with Crippen molar-refractivity contribution in [1.29, 1.82) is 0 Å². The lowest BCUT2D eigenvalue weighted by atomic mass is 9.98. The quantitative estimate of drug-likeness (QED) is 0.370. The van der Waals surface area contributed by atoms with E-state index in [1.807, 2.05) is 29.2 Å². The molecule has 1 amide bonds. The molecule has 2 aromatic rings. The first-order chi connectivity index (χ1) is 15.4. The van der Waals surface area contributed by atoms with E-state index in [4.69, 9.17) is 15.2 Å². The second kappa shape index (κ2) is 10.9. The molecule has 0 radical (unpaired) electrons. The van der Waals surface area contributed by atoms with Crippen LogP contribution in [0.15, 0.2) is 41.4 Å². The molecule has 0 unspecified atom stereocenters. The summed E-state index contributed by atoms with van der Waals surface area (Å²) in [6.45, 7) is 6.11. The van der Waals surface area contributed by atoms with Gasteiger partial charge in [0.2, 0.25) is 5.91 Å². The predicted octanol–water partition coefficient (Wildman–Crippen LogP) is 3.92. The molecule has 7 nitrogen and oxygen atoms in total. The molecule has 0 atom stereocenters. The molecule has 0 fully saturated rings. The van der Waals surface area contributed by atoms with Gasteiger partial charge in [0.15, 0.2) is 17.5 Å². The van der Waals surface area contributed by atoms with Gasteiger partial charge >= 0.3 is 0 Å². The minimum Gasteiger partial charge on any atom is -0.493 e. The highest BCUT2D eigenvalue weighted by Crippen LogP contribution is 2.33. The number of carbonyl (C=O) groups is 1. The first-order valence-electron chi connectivity index (χ1n) is 11.1. The number of methoxy groups -OCH3 is 2. The number of benzene rings is 2. The molecule has 1 aliphatic heterocycles. The van der Waals surface area contributed by atoms with Gasteiger partial charge in [0.1, 0.15) is 0 Å². The van der Waals surface area contributed by atoms with Crippen LogP contribution in [0.5, 0.6) is 11.5 Å². The van der Waals surface area contributed by atoms with Crippen molar-refractivity contribution in [2.75, 3.05) is 32.6 Å². The van der Waals surface area contributed by atoms with Gasteiger partial charge in [-0.3, -0.25) is 9.79 Å². The van der Waals surface area contributed by atoms with Crippen molar-refractivity contribution in [2.24, 2.45) is 10.7 Å². The maximum Gasteiger partial charge on any atom is 0.222 e. The smallest absolute Gasteiger partial charge is 0.222 e. The van der Waals surface area contributed by atoms with Gasteiger partial charge < -0.3 is 25.4 Å². The fraction of sp³-hybridized carbons (Fsp3) is 0.440. The zero-order valence-corrected chi connectivity index (χ0v) is 19.5. The van der Waals surface area contributed by atoms with Crippen LogP contribution in [0.2, 0.25) is 0 Å². The van der Waals surface area contributed by atoms with E-state index in [1.165, 1.54) is 11.1 Å². The van der Waals surface area contributed by atoms with Crippen LogP contribution in [0.3, 0.4) is 0 Å². The van der Waals surface area contributed by atoms with Gasteiger partial charge in [0, 0.05) is 31.7 Å². The van der Waals surface area contributed by atoms with Crippen LogP contribution in [0.25, 0.3) is 0 Å². The number of ether oxygens (including phenoxy) is 2. The average molecular weight is 439 g/mol. The fourth-order valence-corrected chi connectivity index (χ4v) is 3.85. The fourth-order valence-electron chi connectivity index (χ4n) is 3.85. The Bertz CT molecular complexity index is 972. The van der Waals surface area contributed by atoms with Crippen LogP contribution in [0.1, 0.15) is 49.3 Å². The molecule has 172 valence electrons. The monoisotopic (exact) mass is 438 g/mol. The molecule has 3 rings (SSSR count). The number of aliphatic imine (C=N–C) groups is 1. The predicted molar refractivity (Wildman–Crippen MR) is 129 cm³/mol. The SMILES string of the molecule is COc1cc2c(cc1OC)CN(C(=O)CCCN=C(N)Nc1cccc(C(C)C)c1)CC2. The number of amides is 1. The van der Waals surface area contributed by atoms with Crippen molar-refractivity contribution >= 4 is 17.6 Å². The highest BCUT2D eigenvalue weighted by atomic mass is 16.5. The summed E-state index contributed by atoms with van der Waals surface area (Å²) in [4.78, 5) is 19.0. The van der Waals surface area contributed by atoms with E-state index in [9.17, 15) is 4.79 Å². The lowest BCUT2D eigenvalue weighted by molar-refractivity contribution is -0.132. The topological polar surface area (TPSA) is 89.2 Å². The highest BCUT2D eigenvalue weighted by Gasteiger charge is 2.22. The average Bonchev–Trinajstić information content (AvgIpc) is 2.80. The van der Waals surface area contributed by atoms with E-state index in [2.05, 4.69) is 36.3 Å². The third kappa shape index (κ3) is 5.93. The second-order valence-corrected chi connectivity index (χ2v) is 8.32. The number of anilines is 1. The Morgan fingerprint density at radius 1 is 1.16 bits per heavy atom. The van der Waals surface area contributed by atoms with Crippen molar-refractivity contribution in [2.45, 2.75) is 45.6 Å². The summed E-state index contributed by atoms with van der Waals surface area (Å²) < 4.78 is 10.8. The number of hydrogen-bond acceptors (Lipinski definition) is 4. The summed E-state index contributed by atoms with van der Waals surface area (Å²) in [6.07, 6.45) is 1.91. The molecule has 3 N–H and O–H groups in total. The number of carbonyl (C=O) groups excluding carboxylic acids is 1. The van der Waals surface area contributed by atoms with Crippen LogP contribution >= 0.6 is 0 Å². The number of nitrogens with zero attached hydrogens (tertiary/aromatic N) is 2. The molecular weight excluding hydrogens is 404 g/mol. The molecule has 2 aromatic carbocycles. The lowest BCUT2D eigenvalue weighted by Crippen LogP contribution is -2.36. The maximum absolute atomic E-state index is 12.7. The van der Waals surface area contributed by atoms with Crippen LogP contribution < -0.4 is 20.5 Å². The minimum absolute atomic E-state index is 0.136. The van der Waals surface area contributed by atoms with Crippen molar-refractivity contribution in [1.82, 2.24) is 4.90 Å². The van der Waals surface area contributed by atoms with Gasteiger partial charge in [-0.2, -0.15) is 0 Å². The van der Waals surface area contributed by atoms with E-state index < -0.39 is 0 Å². The molecule has 1 heterocycles. The number of nitrogens with one attached hydrogen (secondary N) is 1. The summed E-state index contributed by atoms with van der Waals surface area (Å²) in [5.74, 6) is 2.37. The van der Waals surface area contributed by atoms with E-state index >= 15 is 0 Å². The van der Waals surface area contributed by atoms with Crippen molar-refractivity contribution < 1.29 is 14.3 Å². The molecule has 7 heteroatoms. The Balaban J connectivity index is 1.48. The Morgan fingerprint density at radius 2 is 1.88 bits per heavy atom. The van der Waals surface area contributed by atoms with Crippen molar-refractivity contribution in [3.63, 3.8) is 0 Å².